The highest BCUT2D eigenvalue weighted by molar-refractivity contribution is 5.34. The van der Waals surface area contributed by atoms with Gasteiger partial charge < -0.3 is 0 Å². The minimum absolute atomic E-state index is 0.691. The molecule has 1 unspecified atom stereocenters. The van der Waals surface area contributed by atoms with Gasteiger partial charge in [-0.1, -0.05) is 42.5 Å². The van der Waals surface area contributed by atoms with Crippen LogP contribution in [0.15, 0.2) is 48.1 Å². The molecule has 0 spiro atoms. The molecule has 0 aromatic rings. The van der Waals surface area contributed by atoms with E-state index in [1.165, 1.54) is 18.4 Å². The molecular formula is C11H12. The van der Waals surface area contributed by atoms with E-state index in [1.807, 2.05) is 0 Å². The van der Waals surface area contributed by atoms with Crippen molar-refractivity contribution in [2.45, 2.75) is 12.8 Å². The minimum atomic E-state index is 0.691. The highest BCUT2D eigenvalue weighted by atomic mass is 14.2. The molecule has 0 N–H and O–H groups in total. The Bertz CT molecular complexity index is 251. The molecule has 0 amide bonds. The maximum Gasteiger partial charge on any atom is 0.00208 e. The third kappa shape index (κ3) is 1.35. The molecule has 2 aliphatic carbocycles. The Morgan fingerprint density at radius 2 is 2.00 bits per heavy atom. The van der Waals surface area contributed by atoms with E-state index in [1.54, 1.807) is 0 Å². The van der Waals surface area contributed by atoms with Crippen LogP contribution in [0.3, 0.4) is 0 Å². The van der Waals surface area contributed by atoms with E-state index in [4.69, 9.17) is 0 Å². The Hall–Kier alpha value is -1.04. The van der Waals surface area contributed by atoms with Gasteiger partial charge >= 0.3 is 0 Å². The van der Waals surface area contributed by atoms with Crippen LogP contribution in [0, 0.1) is 5.92 Å². The van der Waals surface area contributed by atoms with Crippen LogP contribution in [-0.2, 0) is 0 Å². The summed E-state index contributed by atoms with van der Waals surface area (Å²) in [7, 11) is 0. The number of fused-ring (bicyclic) bond motifs is 1. The largest absolute Gasteiger partial charge is 0.0807 e. The molecule has 0 heteroatoms. The molecule has 1 atom stereocenters. The van der Waals surface area contributed by atoms with Gasteiger partial charge in [-0.3, -0.25) is 0 Å². The van der Waals surface area contributed by atoms with E-state index in [-0.39, 0.29) is 0 Å². The van der Waals surface area contributed by atoms with E-state index < -0.39 is 0 Å². The van der Waals surface area contributed by atoms with Crippen LogP contribution < -0.4 is 0 Å². The first-order valence-corrected chi connectivity index (χ1v) is 4.18. The third-order valence-corrected chi connectivity index (χ3v) is 2.25. The molecular weight excluding hydrogens is 132 g/mol. The lowest BCUT2D eigenvalue weighted by Crippen LogP contribution is -1.92. The maximum absolute atomic E-state index is 2.34. The fraction of sp³-hybridized carbons (Fsp3) is 0.273. The normalized spacial score (nSPS) is 27.6. The molecule has 0 aromatic heterocycles. The van der Waals surface area contributed by atoms with Gasteiger partial charge in [0.05, 0.1) is 0 Å². The fourth-order valence-electron chi connectivity index (χ4n) is 1.64. The highest BCUT2D eigenvalue weighted by Gasteiger charge is 2.13. The van der Waals surface area contributed by atoms with Gasteiger partial charge in [0.25, 0.3) is 0 Å². The summed E-state index contributed by atoms with van der Waals surface area (Å²) in [6, 6.07) is 0. The Morgan fingerprint density at radius 1 is 1.09 bits per heavy atom. The van der Waals surface area contributed by atoms with Crippen LogP contribution in [0.25, 0.3) is 0 Å². The molecule has 0 fully saturated rings. The van der Waals surface area contributed by atoms with Gasteiger partial charge in [0, 0.05) is 5.92 Å². The monoisotopic (exact) mass is 144 g/mol. The molecule has 56 valence electrons. The van der Waals surface area contributed by atoms with Gasteiger partial charge in [-0.05, 0) is 18.4 Å². The Kier molecular flexibility index (Phi) is 1.76. The number of allylic oxidation sites excluding steroid dienone is 8. The van der Waals surface area contributed by atoms with Crippen molar-refractivity contribution in [1.29, 1.82) is 0 Å². The second-order valence-electron chi connectivity index (χ2n) is 3.02. The first-order valence-electron chi connectivity index (χ1n) is 4.18. The zero-order valence-corrected chi connectivity index (χ0v) is 6.53. The van der Waals surface area contributed by atoms with Crippen molar-refractivity contribution in [2.75, 3.05) is 0 Å². The second kappa shape index (κ2) is 2.91. The van der Waals surface area contributed by atoms with Crippen molar-refractivity contribution >= 4 is 0 Å². The molecule has 0 radical (unpaired) electrons. The average Bonchev–Trinajstić information content (AvgIpc) is 2.35. The summed E-state index contributed by atoms with van der Waals surface area (Å²) in [5.41, 5.74) is 1.49. The lowest BCUT2D eigenvalue weighted by atomic mass is 9.99. The van der Waals surface area contributed by atoms with E-state index in [0.29, 0.717) is 5.92 Å². The van der Waals surface area contributed by atoms with Gasteiger partial charge in [-0.15, -0.1) is 0 Å². The van der Waals surface area contributed by atoms with Crippen molar-refractivity contribution < 1.29 is 0 Å². The highest BCUT2D eigenvalue weighted by Crippen LogP contribution is 2.28. The average molecular weight is 144 g/mol. The molecule has 0 nitrogen and oxygen atoms in total. The Labute approximate surface area is 67.6 Å². The number of hydrogen-bond donors (Lipinski definition) is 0. The summed E-state index contributed by atoms with van der Waals surface area (Å²) in [5, 5.41) is 0. The SMILES string of the molecule is C1=CC=CC2CCC=C2C=C1. The van der Waals surface area contributed by atoms with Gasteiger partial charge in [0.2, 0.25) is 0 Å². The van der Waals surface area contributed by atoms with E-state index in [2.05, 4.69) is 42.5 Å². The summed E-state index contributed by atoms with van der Waals surface area (Å²) >= 11 is 0. The summed E-state index contributed by atoms with van der Waals surface area (Å²) in [6.07, 6.45) is 17.8. The maximum atomic E-state index is 2.34. The smallest absolute Gasteiger partial charge is 0.00208 e. The molecule has 11 heavy (non-hydrogen) atoms. The summed E-state index contributed by atoms with van der Waals surface area (Å²) in [6.45, 7) is 0. The predicted molar refractivity (Wildman–Crippen MR) is 48.2 cm³/mol. The van der Waals surface area contributed by atoms with Crippen LogP contribution in [0.4, 0.5) is 0 Å². The number of hydrogen-bond acceptors (Lipinski definition) is 0. The van der Waals surface area contributed by atoms with Crippen molar-refractivity contribution in [3.05, 3.63) is 48.1 Å². The van der Waals surface area contributed by atoms with E-state index in [9.17, 15) is 0 Å². The molecule has 0 heterocycles. The van der Waals surface area contributed by atoms with Gasteiger partial charge in [0.1, 0.15) is 0 Å². The Balaban J connectivity index is 2.30. The van der Waals surface area contributed by atoms with Gasteiger partial charge in [-0.2, -0.15) is 0 Å². The van der Waals surface area contributed by atoms with Gasteiger partial charge in [0.15, 0.2) is 0 Å². The van der Waals surface area contributed by atoms with Gasteiger partial charge in [-0.25, -0.2) is 0 Å². The summed E-state index contributed by atoms with van der Waals surface area (Å²) < 4.78 is 0. The van der Waals surface area contributed by atoms with Crippen molar-refractivity contribution in [1.82, 2.24) is 0 Å². The zero-order chi connectivity index (χ0) is 7.52. The van der Waals surface area contributed by atoms with Crippen molar-refractivity contribution in [3.8, 4) is 0 Å². The Morgan fingerprint density at radius 3 is 3.00 bits per heavy atom. The molecule has 0 saturated heterocycles. The topological polar surface area (TPSA) is 0 Å². The molecule has 2 rings (SSSR count). The van der Waals surface area contributed by atoms with Crippen molar-refractivity contribution in [3.63, 3.8) is 0 Å². The van der Waals surface area contributed by atoms with Crippen LogP contribution in [0.2, 0.25) is 0 Å². The van der Waals surface area contributed by atoms with Crippen LogP contribution >= 0.6 is 0 Å². The second-order valence-corrected chi connectivity index (χ2v) is 3.02. The first-order chi connectivity index (χ1) is 5.47. The summed E-state index contributed by atoms with van der Waals surface area (Å²) in [5.74, 6) is 0.691. The standard InChI is InChI=1S/C11H12/c1-2-4-7-11-9-5-8-10(11)6-3-1/h1-4,6-8,11H,5,9H2. The number of rotatable bonds is 0. The van der Waals surface area contributed by atoms with Crippen LogP contribution in [0.5, 0.6) is 0 Å². The molecule has 0 aromatic carbocycles. The lowest BCUT2D eigenvalue weighted by molar-refractivity contribution is 0.752. The molecule has 0 bridgehead atoms. The third-order valence-electron chi connectivity index (χ3n) is 2.25. The first kappa shape index (κ1) is 6.66. The summed E-state index contributed by atoms with van der Waals surface area (Å²) in [4.78, 5) is 0. The van der Waals surface area contributed by atoms with Crippen molar-refractivity contribution in [2.24, 2.45) is 5.92 Å². The van der Waals surface area contributed by atoms with Crippen LogP contribution in [-0.4, -0.2) is 0 Å². The van der Waals surface area contributed by atoms with E-state index >= 15 is 0 Å². The molecule has 0 saturated carbocycles. The fourth-order valence-corrected chi connectivity index (χ4v) is 1.64. The quantitative estimate of drug-likeness (QED) is 0.490. The predicted octanol–water partition coefficient (Wildman–Crippen LogP) is 3.01. The van der Waals surface area contributed by atoms with Crippen LogP contribution in [0.1, 0.15) is 12.8 Å². The lowest BCUT2D eigenvalue weighted by Gasteiger charge is -2.05. The minimum Gasteiger partial charge on any atom is -0.0807 e. The molecule has 2 aliphatic rings. The van der Waals surface area contributed by atoms with E-state index in [0.717, 1.165) is 0 Å². The molecule has 0 aliphatic heterocycles. The zero-order valence-electron chi connectivity index (χ0n) is 6.53.